The molecular weight excluding hydrogens is 276 g/mol. The highest BCUT2D eigenvalue weighted by Crippen LogP contribution is 2.17. The molecule has 0 unspecified atom stereocenters. The number of nitrogens with zero attached hydrogens (tertiary/aromatic N) is 2. The van der Waals surface area contributed by atoms with E-state index in [1.54, 1.807) is 7.11 Å². The number of guanidine groups is 1. The lowest BCUT2D eigenvalue weighted by Gasteiger charge is -2.31. The first kappa shape index (κ1) is 17.3. The lowest BCUT2D eigenvalue weighted by atomic mass is 9.97. The number of hydrogen-bond acceptors (Lipinski definition) is 3. The summed E-state index contributed by atoms with van der Waals surface area (Å²) in [5.41, 5.74) is 0. The van der Waals surface area contributed by atoms with Crippen LogP contribution in [0.4, 0.5) is 0 Å². The van der Waals surface area contributed by atoms with Gasteiger partial charge in [-0.25, -0.2) is 0 Å². The van der Waals surface area contributed by atoms with Gasteiger partial charge in [0.2, 0.25) is 0 Å². The fourth-order valence-corrected chi connectivity index (χ4v) is 3.08. The van der Waals surface area contributed by atoms with Gasteiger partial charge in [0, 0.05) is 32.8 Å². The van der Waals surface area contributed by atoms with Crippen LogP contribution in [0, 0.1) is 5.92 Å². The minimum Gasteiger partial charge on any atom is -0.383 e. The maximum Gasteiger partial charge on any atom is 0.191 e. The molecule has 126 valence electrons. The number of hydrogen-bond donors (Lipinski definition) is 2. The van der Waals surface area contributed by atoms with Crippen molar-refractivity contribution in [1.82, 2.24) is 15.5 Å². The predicted octanol–water partition coefficient (Wildman–Crippen LogP) is 1.62. The average Bonchev–Trinajstić information content (AvgIpc) is 3.05. The van der Waals surface area contributed by atoms with E-state index < -0.39 is 0 Å². The highest BCUT2D eigenvalue weighted by Gasteiger charge is 2.19. The van der Waals surface area contributed by atoms with E-state index >= 15 is 0 Å². The molecule has 0 saturated carbocycles. The molecule has 1 saturated heterocycles. The van der Waals surface area contributed by atoms with Gasteiger partial charge < -0.3 is 20.3 Å². The average molecular weight is 308 g/mol. The third-order valence-electron chi connectivity index (χ3n) is 4.52. The molecule has 1 aliphatic heterocycles. The quantitative estimate of drug-likeness (QED) is 0.426. The summed E-state index contributed by atoms with van der Waals surface area (Å²) in [6.45, 7) is 8.24. The van der Waals surface area contributed by atoms with Crippen LogP contribution in [-0.2, 0) is 4.74 Å². The van der Waals surface area contributed by atoms with E-state index in [0.29, 0.717) is 6.04 Å². The zero-order chi connectivity index (χ0) is 15.6. The summed E-state index contributed by atoms with van der Waals surface area (Å²) < 4.78 is 5.16. The Kier molecular flexibility index (Phi) is 7.74. The van der Waals surface area contributed by atoms with Crippen molar-refractivity contribution in [2.24, 2.45) is 10.9 Å². The lowest BCUT2D eigenvalue weighted by Crippen LogP contribution is -2.43. The number of aliphatic imine (C=N–C) groups is 1. The van der Waals surface area contributed by atoms with Crippen molar-refractivity contribution in [2.45, 2.75) is 38.6 Å². The molecule has 5 heteroatoms. The van der Waals surface area contributed by atoms with Gasteiger partial charge in [-0.2, -0.15) is 0 Å². The van der Waals surface area contributed by atoms with E-state index in [1.165, 1.54) is 25.9 Å². The number of ether oxygens (including phenoxy) is 1. The van der Waals surface area contributed by atoms with Crippen LogP contribution in [0.5, 0.6) is 0 Å². The molecule has 0 aromatic carbocycles. The topological polar surface area (TPSA) is 48.9 Å². The van der Waals surface area contributed by atoms with Crippen molar-refractivity contribution >= 4 is 5.96 Å². The van der Waals surface area contributed by atoms with Crippen molar-refractivity contribution in [1.29, 1.82) is 0 Å². The molecule has 0 spiro atoms. The summed E-state index contributed by atoms with van der Waals surface area (Å²) in [4.78, 5) is 7.31. The van der Waals surface area contributed by atoms with Gasteiger partial charge in [-0.05, 0) is 51.6 Å². The minimum atomic E-state index is 0.522. The smallest absolute Gasteiger partial charge is 0.191 e. The second-order valence-corrected chi connectivity index (χ2v) is 6.28. The molecule has 2 N–H and O–H groups in total. The molecule has 0 amide bonds. The molecule has 22 heavy (non-hydrogen) atoms. The summed E-state index contributed by atoms with van der Waals surface area (Å²) >= 11 is 0. The first-order chi connectivity index (χ1) is 10.8. The monoisotopic (exact) mass is 308 g/mol. The van der Waals surface area contributed by atoms with Crippen LogP contribution in [0.3, 0.4) is 0 Å². The fourth-order valence-electron chi connectivity index (χ4n) is 3.08. The molecule has 5 nitrogen and oxygen atoms in total. The first-order valence-corrected chi connectivity index (χ1v) is 8.73. The summed E-state index contributed by atoms with van der Waals surface area (Å²) in [6, 6.07) is 0.522. The highest BCUT2D eigenvalue weighted by molar-refractivity contribution is 5.80. The highest BCUT2D eigenvalue weighted by atomic mass is 16.5. The van der Waals surface area contributed by atoms with Gasteiger partial charge in [-0.1, -0.05) is 12.2 Å². The molecule has 1 aliphatic carbocycles. The number of rotatable bonds is 7. The van der Waals surface area contributed by atoms with Crippen LogP contribution in [-0.4, -0.2) is 63.3 Å². The van der Waals surface area contributed by atoms with Crippen LogP contribution < -0.4 is 10.6 Å². The maximum absolute atomic E-state index is 5.16. The SMILES string of the molecule is CCNC(=NCC1CCN(CCOC)CC1)NC1CC=CC1. The Morgan fingerprint density at radius 1 is 1.27 bits per heavy atom. The number of nitrogens with one attached hydrogen (secondary N) is 2. The number of methoxy groups -OCH3 is 1. The molecule has 0 aromatic rings. The van der Waals surface area contributed by atoms with Gasteiger partial charge >= 0.3 is 0 Å². The minimum absolute atomic E-state index is 0.522. The van der Waals surface area contributed by atoms with E-state index in [1.807, 2.05) is 0 Å². The summed E-state index contributed by atoms with van der Waals surface area (Å²) in [5, 5.41) is 6.91. The van der Waals surface area contributed by atoms with E-state index in [2.05, 4.69) is 34.6 Å². The molecule has 1 fully saturated rings. The Labute approximate surface area is 135 Å². The van der Waals surface area contributed by atoms with E-state index in [0.717, 1.165) is 51.0 Å². The summed E-state index contributed by atoms with van der Waals surface area (Å²) in [7, 11) is 1.77. The Bertz CT molecular complexity index is 354. The van der Waals surface area contributed by atoms with E-state index in [-0.39, 0.29) is 0 Å². The van der Waals surface area contributed by atoms with Crippen LogP contribution in [0.15, 0.2) is 17.1 Å². The van der Waals surface area contributed by atoms with Crippen LogP contribution >= 0.6 is 0 Å². The molecule has 1 heterocycles. The Balaban J connectivity index is 1.71. The normalized spacial score (nSPS) is 21.5. The summed E-state index contributed by atoms with van der Waals surface area (Å²) in [5.74, 6) is 1.70. The Hall–Kier alpha value is -1.07. The van der Waals surface area contributed by atoms with Gasteiger partial charge in [0.05, 0.1) is 6.61 Å². The van der Waals surface area contributed by atoms with Crippen LogP contribution in [0.25, 0.3) is 0 Å². The summed E-state index contributed by atoms with van der Waals surface area (Å²) in [6.07, 6.45) is 9.22. The Morgan fingerprint density at radius 3 is 2.64 bits per heavy atom. The third kappa shape index (κ3) is 5.97. The van der Waals surface area contributed by atoms with E-state index in [4.69, 9.17) is 9.73 Å². The fraction of sp³-hybridized carbons (Fsp3) is 0.824. The van der Waals surface area contributed by atoms with Crippen molar-refractivity contribution < 1.29 is 4.74 Å². The van der Waals surface area contributed by atoms with Crippen LogP contribution in [0.1, 0.15) is 32.6 Å². The lowest BCUT2D eigenvalue weighted by molar-refractivity contribution is 0.121. The molecule has 0 bridgehead atoms. The number of likely N-dealkylation sites (tertiary alicyclic amines) is 1. The molecule has 0 aromatic heterocycles. The second kappa shape index (κ2) is 9.85. The molecule has 2 aliphatic rings. The largest absolute Gasteiger partial charge is 0.383 e. The van der Waals surface area contributed by atoms with Crippen LogP contribution in [0.2, 0.25) is 0 Å². The molecular formula is C17H32N4O. The first-order valence-electron chi connectivity index (χ1n) is 8.73. The third-order valence-corrected chi connectivity index (χ3v) is 4.52. The maximum atomic E-state index is 5.16. The zero-order valence-electron chi connectivity index (χ0n) is 14.2. The van der Waals surface area contributed by atoms with Crippen molar-refractivity contribution in [3.05, 3.63) is 12.2 Å². The van der Waals surface area contributed by atoms with Crippen molar-refractivity contribution in [3.8, 4) is 0 Å². The van der Waals surface area contributed by atoms with Gasteiger partial charge in [0.25, 0.3) is 0 Å². The van der Waals surface area contributed by atoms with Gasteiger partial charge in [-0.3, -0.25) is 4.99 Å². The second-order valence-electron chi connectivity index (χ2n) is 6.28. The van der Waals surface area contributed by atoms with Gasteiger partial charge in [-0.15, -0.1) is 0 Å². The van der Waals surface area contributed by atoms with Gasteiger partial charge in [0.15, 0.2) is 5.96 Å². The van der Waals surface area contributed by atoms with Crippen molar-refractivity contribution in [2.75, 3.05) is 46.4 Å². The number of piperidine rings is 1. The zero-order valence-corrected chi connectivity index (χ0v) is 14.2. The molecule has 2 rings (SSSR count). The van der Waals surface area contributed by atoms with E-state index in [9.17, 15) is 0 Å². The standard InChI is InChI=1S/C17H32N4O/c1-3-18-17(20-16-6-4-5-7-16)19-14-15-8-10-21(11-9-15)12-13-22-2/h4-5,15-16H,3,6-14H2,1-2H3,(H2,18,19,20). The Morgan fingerprint density at radius 2 is 2.00 bits per heavy atom. The van der Waals surface area contributed by atoms with Crippen molar-refractivity contribution in [3.63, 3.8) is 0 Å². The van der Waals surface area contributed by atoms with Gasteiger partial charge in [0.1, 0.15) is 0 Å². The predicted molar refractivity (Wildman–Crippen MR) is 92.3 cm³/mol. The molecule has 0 atom stereocenters. The molecule has 0 radical (unpaired) electrons.